The zero-order chi connectivity index (χ0) is 14.3. The Hall–Kier alpha value is 0.885. The molecule has 3 rings (SSSR count). The predicted molar refractivity (Wildman–Crippen MR) is 90.4 cm³/mol. The van der Waals surface area contributed by atoms with Crippen LogP contribution in [0.4, 0.5) is 0 Å². The summed E-state index contributed by atoms with van der Waals surface area (Å²) in [6.07, 6.45) is 23.1. The van der Waals surface area contributed by atoms with Crippen LogP contribution in [-0.2, 0) is 40.8 Å². The van der Waals surface area contributed by atoms with E-state index < -0.39 is 0 Å². The zero-order valence-corrected chi connectivity index (χ0v) is 19.8. The normalized spacial score (nSPS) is 29.6. The van der Waals surface area contributed by atoms with Crippen molar-refractivity contribution in [3.63, 3.8) is 0 Å². The smallest absolute Gasteiger partial charge is 0.0203 e. The Balaban J connectivity index is 0.00000132. The van der Waals surface area contributed by atoms with Gasteiger partial charge in [-0.25, -0.2) is 0 Å². The average Bonchev–Trinajstić information content (AvgIpc) is 2.56. The maximum Gasteiger partial charge on any atom is 0.0203 e. The van der Waals surface area contributed by atoms with E-state index in [1.807, 2.05) is 0 Å². The molecule has 0 heterocycles. The topological polar surface area (TPSA) is 0 Å². The summed E-state index contributed by atoms with van der Waals surface area (Å²) in [7, 11) is 0. The van der Waals surface area contributed by atoms with Gasteiger partial charge in [-0.15, -0.1) is 0 Å². The van der Waals surface area contributed by atoms with Gasteiger partial charge in [-0.05, 0) is 43.9 Å². The molecule has 0 aliphatic heterocycles. The van der Waals surface area contributed by atoms with E-state index in [1.54, 1.807) is 0 Å². The van der Waals surface area contributed by atoms with E-state index >= 15 is 0 Å². The second-order valence-electron chi connectivity index (χ2n) is 7.69. The molecule has 0 aromatic heterocycles. The largest absolute Gasteiger partial charge is 0.328 e. The first-order valence-electron chi connectivity index (χ1n) is 9.54. The first-order chi connectivity index (χ1) is 10.4. The van der Waals surface area contributed by atoms with Gasteiger partial charge in [0.15, 0.2) is 0 Å². The van der Waals surface area contributed by atoms with E-state index in [2.05, 4.69) is 24.7 Å². The molecule has 3 fully saturated rings. The average molecular weight is 657 g/mol. The van der Waals surface area contributed by atoms with Crippen LogP contribution in [0, 0.1) is 48.4 Å². The quantitative estimate of drug-likeness (QED) is 0.254. The van der Waals surface area contributed by atoms with Gasteiger partial charge >= 0.3 is 0 Å². The fourth-order valence-electron chi connectivity index (χ4n) is 4.55. The third-order valence-corrected chi connectivity index (χ3v) is 6.00. The van der Waals surface area contributed by atoms with Crippen molar-refractivity contribution in [1.82, 2.24) is 0 Å². The summed E-state index contributed by atoms with van der Waals surface area (Å²) in [5.41, 5.74) is 0. The van der Waals surface area contributed by atoms with Crippen LogP contribution in [0.25, 0.3) is 0 Å². The number of rotatable bonds is 2. The Morgan fingerprint density at radius 1 is 0.565 bits per heavy atom. The minimum Gasteiger partial charge on any atom is -0.328 e. The summed E-state index contributed by atoms with van der Waals surface area (Å²) in [6, 6.07) is 0. The van der Waals surface area contributed by atoms with Crippen molar-refractivity contribution in [1.29, 1.82) is 0 Å². The van der Waals surface area contributed by atoms with Gasteiger partial charge < -0.3 is 12.8 Å². The molecule has 0 amide bonds. The summed E-state index contributed by atoms with van der Waals surface area (Å²) >= 11 is 0. The van der Waals surface area contributed by atoms with E-state index in [-0.39, 0.29) is 40.8 Å². The molecule has 0 aromatic rings. The summed E-state index contributed by atoms with van der Waals surface area (Å²) in [5, 5.41) is 0. The first kappa shape index (κ1) is 21.9. The fraction of sp³-hybridized carbons (Fsp3) is 0.810. The fourth-order valence-corrected chi connectivity index (χ4v) is 4.55. The van der Waals surface area contributed by atoms with Crippen LogP contribution in [0.1, 0.15) is 83.5 Å². The minimum atomic E-state index is 0. The Labute approximate surface area is 172 Å². The van der Waals surface area contributed by atoms with Gasteiger partial charge in [0, 0.05) is 52.7 Å². The molecule has 0 bridgehead atoms. The molecule has 2 heteroatoms. The van der Waals surface area contributed by atoms with Gasteiger partial charge in [0.2, 0.25) is 0 Å². The van der Waals surface area contributed by atoms with Crippen LogP contribution >= 0.6 is 0 Å². The van der Waals surface area contributed by atoms with Crippen LogP contribution in [0.15, 0.2) is 0 Å². The molecule has 0 saturated heterocycles. The van der Waals surface area contributed by atoms with Gasteiger partial charge in [-0.2, -0.15) is 25.7 Å². The van der Waals surface area contributed by atoms with Crippen molar-refractivity contribution in [2.45, 2.75) is 83.5 Å². The van der Waals surface area contributed by atoms with Crippen LogP contribution in [0.3, 0.4) is 0 Å². The third-order valence-electron chi connectivity index (χ3n) is 6.00. The standard InChI is InChI=1S/C21H32.2Re/c1-3-7-18(8-4-1)11-12-19-13-15-21(16-14-19)17-20-9-5-2-6-10-20;;/h1-2,18-21H,3-10,13-17H2;;/q-2;;. The molecule has 0 spiro atoms. The Morgan fingerprint density at radius 2 is 1.00 bits per heavy atom. The summed E-state index contributed by atoms with van der Waals surface area (Å²) < 4.78 is 0. The van der Waals surface area contributed by atoms with E-state index in [1.165, 1.54) is 83.5 Å². The second kappa shape index (κ2) is 12.3. The maximum absolute atomic E-state index is 3.65. The Bertz CT molecular complexity index is 348. The molecule has 3 aliphatic rings. The van der Waals surface area contributed by atoms with Crippen molar-refractivity contribution in [3.05, 3.63) is 12.8 Å². The molecule has 3 aliphatic carbocycles. The Morgan fingerprint density at radius 3 is 1.57 bits per heavy atom. The van der Waals surface area contributed by atoms with Gasteiger partial charge in [0.05, 0.1) is 0 Å². The van der Waals surface area contributed by atoms with E-state index in [4.69, 9.17) is 0 Å². The minimum absolute atomic E-state index is 0. The molecule has 0 N–H and O–H groups in total. The van der Waals surface area contributed by atoms with E-state index in [0.717, 1.165) is 17.8 Å². The van der Waals surface area contributed by atoms with Crippen LogP contribution < -0.4 is 0 Å². The SMILES string of the molecule is C(#CC1CCC(CC2CC[CH-]CC2)CC1)C1CC[CH-]CC1.[Re].[Re]. The van der Waals surface area contributed by atoms with Gasteiger partial charge in [0.1, 0.15) is 0 Å². The van der Waals surface area contributed by atoms with Crippen LogP contribution in [-0.4, -0.2) is 0 Å². The third kappa shape index (κ3) is 7.75. The molecule has 2 radical (unpaired) electrons. The summed E-state index contributed by atoms with van der Waals surface area (Å²) in [6.45, 7) is 0. The van der Waals surface area contributed by atoms with Crippen molar-refractivity contribution in [2.24, 2.45) is 23.7 Å². The summed E-state index contributed by atoms with van der Waals surface area (Å²) in [5.74, 6) is 10.8. The molecular formula is C21H32Re2-2. The van der Waals surface area contributed by atoms with Gasteiger partial charge in [0.25, 0.3) is 0 Å². The van der Waals surface area contributed by atoms with Crippen LogP contribution in [0.5, 0.6) is 0 Å². The molecular weight excluding hydrogens is 625 g/mol. The molecule has 0 unspecified atom stereocenters. The monoisotopic (exact) mass is 658 g/mol. The van der Waals surface area contributed by atoms with Crippen molar-refractivity contribution < 1.29 is 40.8 Å². The molecule has 0 aromatic carbocycles. The number of hydrogen-bond acceptors (Lipinski definition) is 0. The van der Waals surface area contributed by atoms with Gasteiger partial charge in [-0.3, -0.25) is 0 Å². The maximum atomic E-state index is 3.65. The molecule has 132 valence electrons. The predicted octanol–water partition coefficient (Wildman–Crippen LogP) is 5.97. The van der Waals surface area contributed by atoms with Crippen molar-refractivity contribution >= 4 is 0 Å². The molecule has 3 saturated carbocycles. The Kier molecular flexibility index (Phi) is 11.7. The van der Waals surface area contributed by atoms with Gasteiger partial charge in [-0.1, -0.05) is 37.5 Å². The van der Waals surface area contributed by atoms with E-state index in [9.17, 15) is 0 Å². The van der Waals surface area contributed by atoms with Crippen molar-refractivity contribution in [3.8, 4) is 11.8 Å². The second-order valence-corrected chi connectivity index (χ2v) is 7.69. The van der Waals surface area contributed by atoms with Crippen molar-refractivity contribution in [2.75, 3.05) is 0 Å². The molecule has 0 nitrogen and oxygen atoms in total. The molecule has 23 heavy (non-hydrogen) atoms. The summed E-state index contributed by atoms with van der Waals surface area (Å²) in [4.78, 5) is 0. The van der Waals surface area contributed by atoms with E-state index in [0.29, 0.717) is 5.92 Å². The number of hydrogen-bond donors (Lipinski definition) is 0. The van der Waals surface area contributed by atoms with Crippen LogP contribution in [0.2, 0.25) is 0 Å². The molecule has 0 atom stereocenters. The zero-order valence-electron chi connectivity index (χ0n) is 14.4. The first-order valence-corrected chi connectivity index (χ1v) is 9.54.